The van der Waals surface area contributed by atoms with Gasteiger partial charge in [-0.1, -0.05) is 48.0 Å². The van der Waals surface area contributed by atoms with Crippen LogP contribution in [0.2, 0.25) is 5.02 Å². The van der Waals surface area contributed by atoms with Crippen molar-refractivity contribution < 1.29 is 4.79 Å². The molecule has 0 spiro atoms. The number of benzene rings is 2. The van der Waals surface area contributed by atoms with Gasteiger partial charge >= 0.3 is 0 Å². The first kappa shape index (κ1) is 12.5. The number of nitrogens with two attached hydrogens (primary N) is 1. The molecule has 2 aromatic carbocycles. The summed E-state index contributed by atoms with van der Waals surface area (Å²) in [5.41, 5.74) is 7.49. The van der Waals surface area contributed by atoms with Crippen LogP contribution in [0.3, 0.4) is 0 Å². The van der Waals surface area contributed by atoms with Crippen LogP contribution >= 0.6 is 11.6 Å². The number of hydrogen-bond acceptors (Lipinski definition) is 2. The molecule has 2 rings (SSSR count). The number of anilines is 1. The minimum absolute atomic E-state index is 0.226. The quantitative estimate of drug-likeness (QED) is 0.834. The minimum Gasteiger partial charge on any atom is -0.398 e. The Kier molecular flexibility index (Phi) is 3.85. The Balaban J connectivity index is 2.07. The molecule has 0 saturated carbocycles. The Labute approximate surface area is 111 Å². The molecule has 0 aromatic heterocycles. The maximum atomic E-state index is 11.9. The lowest BCUT2D eigenvalue weighted by Gasteiger charge is -2.08. The van der Waals surface area contributed by atoms with E-state index in [1.54, 1.807) is 18.2 Å². The van der Waals surface area contributed by atoms with Gasteiger partial charge in [-0.05, 0) is 17.7 Å². The van der Waals surface area contributed by atoms with Crippen LogP contribution < -0.4 is 11.1 Å². The number of amides is 1. The van der Waals surface area contributed by atoms with Crippen LogP contribution in [0.1, 0.15) is 15.9 Å². The molecule has 3 nitrogen and oxygen atoms in total. The van der Waals surface area contributed by atoms with Gasteiger partial charge in [-0.2, -0.15) is 0 Å². The van der Waals surface area contributed by atoms with Gasteiger partial charge in [0, 0.05) is 6.54 Å². The molecule has 1 amide bonds. The molecule has 0 aliphatic heterocycles. The van der Waals surface area contributed by atoms with Crippen LogP contribution in [0.25, 0.3) is 0 Å². The van der Waals surface area contributed by atoms with Crippen molar-refractivity contribution >= 4 is 23.2 Å². The number of nitrogens with one attached hydrogen (secondary N) is 1. The molecule has 0 radical (unpaired) electrons. The standard InChI is InChI=1S/C14H13ClN2O/c15-13-11(7-4-8-12(13)16)14(18)17-9-10-5-2-1-3-6-10/h1-8H,9,16H2,(H,17,18). The molecule has 92 valence electrons. The highest BCUT2D eigenvalue weighted by Crippen LogP contribution is 2.22. The highest BCUT2D eigenvalue weighted by atomic mass is 35.5. The van der Waals surface area contributed by atoms with Crippen molar-refractivity contribution in [3.8, 4) is 0 Å². The molecule has 0 fully saturated rings. The molecular formula is C14H13ClN2O. The number of halogens is 1. The number of hydrogen-bond donors (Lipinski definition) is 2. The molecule has 0 atom stereocenters. The first-order chi connectivity index (χ1) is 8.68. The van der Waals surface area contributed by atoms with Crippen molar-refractivity contribution in [2.24, 2.45) is 0 Å². The summed E-state index contributed by atoms with van der Waals surface area (Å²) in [5.74, 6) is -0.226. The summed E-state index contributed by atoms with van der Waals surface area (Å²) in [7, 11) is 0. The maximum Gasteiger partial charge on any atom is 0.253 e. The van der Waals surface area contributed by atoms with Gasteiger partial charge in [0.1, 0.15) is 0 Å². The van der Waals surface area contributed by atoms with Gasteiger partial charge < -0.3 is 11.1 Å². The topological polar surface area (TPSA) is 55.1 Å². The molecule has 0 aliphatic rings. The fourth-order valence-electron chi connectivity index (χ4n) is 1.60. The number of carbonyl (C=O) groups excluding carboxylic acids is 1. The molecule has 3 N–H and O–H groups in total. The lowest BCUT2D eigenvalue weighted by molar-refractivity contribution is 0.0951. The van der Waals surface area contributed by atoms with Crippen LogP contribution in [-0.2, 0) is 6.54 Å². The lowest BCUT2D eigenvalue weighted by Crippen LogP contribution is -2.23. The summed E-state index contributed by atoms with van der Waals surface area (Å²) in [6, 6.07) is 14.7. The first-order valence-electron chi connectivity index (χ1n) is 5.54. The van der Waals surface area contributed by atoms with E-state index in [1.807, 2.05) is 30.3 Å². The third-order valence-electron chi connectivity index (χ3n) is 2.57. The highest BCUT2D eigenvalue weighted by molar-refractivity contribution is 6.36. The summed E-state index contributed by atoms with van der Waals surface area (Å²) in [6.45, 7) is 0.463. The second kappa shape index (κ2) is 5.56. The smallest absolute Gasteiger partial charge is 0.253 e. The number of carbonyl (C=O) groups is 1. The Morgan fingerprint density at radius 1 is 1.11 bits per heavy atom. The summed E-state index contributed by atoms with van der Waals surface area (Å²) in [4.78, 5) is 11.9. The van der Waals surface area contributed by atoms with Gasteiger partial charge in [0.25, 0.3) is 5.91 Å². The fraction of sp³-hybridized carbons (Fsp3) is 0.0714. The SMILES string of the molecule is Nc1cccc(C(=O)NCc2ccccc2)c1Cl. The number of rotatable bonds is 3. The predicted octanol–water partition coefficient (Wildman–Crippen LogP) is 2.85. The van der Waals surface area contributed by atoms with E-state index in [9.17, 15) is 4.79 Å². The van der Waals surface area contributed by atoms with Crippen molar-refractivity contribution in [1.29, 1.82) is 0 Å². The van der Waals surface area contributed by atoms with E-state index in [4.69, 9.17) is 17.3 Å². The van der Waals surface area contributed by atoms with Crippen LogP contribution in [0.4, 0.5) is 5.69 Å². The van der Waals surface area contributed by atoms with E-state index in [0.717, 1.165) is 5.56 Å². The van der Waals surface area contributed by atoms with Gasteiger partial charge in [0.2, 0.25) is 0 Å². The maximum absolute atomic E-state index is 11.9. The predicted molar refractivity (Wildman–Crippen MR) is 73.5 cm³/mol. The average molecular weight is 261 g/mol. The van der Waals surface area contributed by atoms with Crippen molar-refractivity contribution in [2.75, 3.05) is 5.73 Å². The van der Waals surface area contributed by atoms with Gasteiger partial charge in [-0.3, -0.25) is 4.79 Å². The van der Waals surface area contributed by atoms with Crippen LogP contribution in [0.15, 0.2) is 48.5 Å². The van der Waals surface area contributed by atoms with Crippen molar-refractivity contribution in [3.05, 3.63) is 64.7 Å². The summed E-state index contributed by atoms with van der Waals surface area (Å²) < 4.78 is 0. The van der Waals surface area contributed by atoms with E-state index in [0.29, 0.717) is 22.8 Å². The zero-order valence-corrected chi connectivity index (χ0v) is 10.4. The van der Waals surface area contributed by atoms with Crippen molar-refractivity contribution in [2.45, 2.75) is 6.54 Å². The van der Waals surface area contributed by atoms with E-state index >= 15 is 0 Å². The van der Waals surface area contributed by atoms with E-state index in [1.165, 1.54) is 0 Å². The third-order valence-corrected chi connectivity index (χ3v) is 2.99. The van der Waals surface area contributed by atoms with Crippen molar-refractivity contribution in [3.63, 3.8) is 0 Å². The average Bonchev–Trinajstić information content (AvgIpc) is 2.40. The van der Waals surface area contributed by atoms with Crippen LogP contribution in [0.5, 0.6) is 0 Å². The largest absolute Gasteiger partial charge is 0.398 e. The lowest BCUT2D eigenvalue weighted by atomic mass is 10.1. The summed E-state index contributed by atoms with van der Waals surface area (Å²) in [5, 5.41) is 3.10. The second-order valence-electron chi connectivity index (χ2n) is 3.88. The van der Waals surface area contributed by atoms with Gasteiger partial charge in [0.05, 0.1) is 16.3 Å². The van der Waals surface area contributed by atoms with E-state index in [-0.39, 0.29) is 5.91 Å². The fourth-order valence-corrected chi connectivity index (χ4v) is 1.81. The molecular weight excluding hydrogens is 248 g/mol. The van der Waals surface area contributed by atoms with E-state index in [2.05, 4.69) is 5.32 Å². The van der Waals surface area contributed by atoms with Crippen LogP contribution in [-0.4, -0.2) is 5.91 Å². The molecule has 0 heterocycles. The highest BCUT2D eigenvalue weighted by Gasteiger charge is 2.11. The third kappa shape index (κ3) is 2.81. The Morgan fingerprint density at radius 3 is 2.56 bits per heavy atom. The second-order valence-corrected chi connectivity index (χ2v) is 4.26. The molecule has 0 unspecified atom stereocenters. The minimum atomic E-state index is -0.226. The Bertz CT molecular complexity index is 555. The molecule has 0 saturated heterocycles. The monoisotopic (exact) mass is 260 g/mol. The molecule has 0 bridgehead atoms. The molecule has 2 aromatic rings. The number of nitrogen functional groups attached to an aromatic ring is 1. The van der Waals surface area contributed by atoms with Gasteiger partial charge in [0.15, 0.2) is 0 Å². The normalized spacial score (nSPS) is 10.1. The zero-order valence-electron chi connectivity index (χ0n) is 9.69. The van der Waals surface area contributed by atoms with E-state index < -0.39 is 0 Å². The van der Waals surface area contributed by atoms with Crippen LogP contribution in [0, 0.1) is 0 Å². The molecule has 4 heteroatoms. The molecule has 0 aliphatic carbocycles. The van der Waals surface area contributed by atoms with Crippen molar-refractivity contribution in [1.82, 2.24) is 5.32 Å². The Hall–Kier alpha value is -2.00. The van der Waals surface area contributed by atoms with Gasteiger partial charge in [-0.25, -0.2) is 0 Å². The Morgan fingerprint density at radius 2 is 1.83 bits per heavy atom. The van der Waals surface area contributed by atoms with Gasteiger partial charge in [-0.15, -0.1) is 0 Å². The summed E-state index contributed by atoms with van der Waals surface area (Å²) >= 11 is 5.98. The molecule has 18 heavy (non-hydrogen) atoms. The zero-order chi connectivity index (χ0) is 13.0. The first-order valence-corrected chi connectivity index (χ1v) is 5.92. The summed E-state index contributed by atoms with van der Waals surface area (Å²) in [6.07, 6.45) is 0.